The molecule has 4 heteroatoms. The highest BCUT2D eigenvalue weighted by molar-refractivity contribution is 5.36. The third kappa shape index (κ3) is 3.07. The van der Waals surface area contributed by atoms with Crippen molar-refractivity contribution in [2.24, 2.45) is 0 Å². The highest BCUT2D eigenvalue weighted by Gasteiger charge is 2.48. The van der Waals surface area contributed by atoms with Gasteiger partial charge in [-0.2, -0.15) is 5.26 Å². The van der Waals surface area contributed by atoms with Gasteiger partial charge >= 0.3 is 0 Å². The van der Waals surface area contributed by atoms with Crippen LogP contribution < -0.4 is 4.74 Å². The van der Waals surface area contributed by atoms with Gasteiger partial charge in [0.25, 0.3) is 0 Å². The van der Waals surface area contributed by atoms with Gasteiger partial charge in [0.05, 0.1) is 32.7 Å². The molecule has 19 heavy (non-hydrogen) atoms. The lowest BCUT2D eigenvalue weighted by Gasteiger charge is -2.15. The first-order chi connectivity index (χ1) is 9.24. The van der Waals surface area contributed by atoms with Crippen LogP contribution in [0.2, 0.25) is 0 Å². The topological polar surface area (TPSA) is 51.5 Å². The number of nitrogens with zero attached hydrogens (tertiary/aromatic N) is 1. The summed E-state index contributed by atoms with van der Waals surface area (Å²) in [5.74, 6) is 0.821. The summed E-state index contributed by atoms with van der Waals surface area (Å²) >= 11 is 0. The first-order valence-corrected chi connectivity index (χ1v) is 6.14. The molecule has 0 unspecified atom stereocenters. The molecule has 1 aromatic carbocycles. The van der Waals surface area contributed by atoms with Gasteiger partial charge in [0.2, 0.25) is 0 Å². The zero-order chi connectivity index (χ0) is 13.7. The van der Waals surface area contributed by atoms with Crippen LogP contribution in [-0.2, 0) is 16.1 Å². The van der Waals surface area contributed by atoms with E-state index in [2.05, 4.69) is 6.07 Å². The van der Waals surface area contributed by atoms with Crippen LogP contribution in [0.5, 0.6) is 5.75 Å². The summed E-state index contributed by atoms with van der Waals surface area (Å²) in [6.07, 6.45) is 3.21. The smallest absolute Gasteiger partial charge is 0.118 e. The molecule has 1 aromatic rings. The molecule has 1 saturated carbocycles. The van der Waals surface area contributed by atoms with Crippen molar-refractivity contribution < 1.29 is 14.2 Å². The van der Waals surface area contributed by atoms with Gasteiger partial charge in [0.15, 0.2) is 0 Å². The number of rotatable bonds is 6. The second-order valence-electron chi connectivity index (χ2n) is 4.51. The average Bonchev–Trinajstić information content (AvgIpc) is 3.24. The molecule has 0 bridgehead atoms. The molecule has 0 radical (unpaired) electrons. The molecular formula is C15H17NO3. The lowest BCUT2D eigenvalue weighted by Crippen LogP contribution is -2.16. The number of hydrogen-bond acceptors (Lipinski definition) is 4. The van der Waals surface area contributed by atoms with Crippen LogP contribution >= 0.6 is 0 Å². The summed E-state index contributed by atoms with van der Waals surface area (Å²) in [4.78, 5) is 0. The molecule has 0 spiro atoms. The van der Waals surface area contributed by atoms with E-state index in [1.807, 2.05) is 24.3 Å². The van der Waals surface area contributed by atoms with E-state index in [1.165, 1.54) is 13.4 Å². The molecule has 0 heterocycles. The van der Waals surface area contributed by atoms with E-state index in [4.69, 9.17) is 19.5 Å². The number of benzene rings is 1. The van der Waals surface area contributed by atoms with Crippen molar-refractivity contribution in [3.8, 4) is 11.8 Å². The largest absolute Gasteiger partial charge is 0.503 e. The standard InChI is InChI=1S/C15H17NO3/c1-17-11-13(9-16)15(7-8-15)19-10-12-3-5-14(18-2)6-4-12/h3-6,11H,7-8,10H2,1-2H3/b13-11+. The molecule has 0 atom stereocenters. The monoisotopic (exact) mass is 259 g/mol. The molecule has 0 saturated heterocycles. The predicted molar refractivity (Wildman–Crippen MR) is 70.5 cm³/mol. The third-order valence-corrected chi connectivity index (χ3v) is 3.23. The number of ether oxygens (including phenoxy) is 3. The lowest BCUT2D eigenvalue weighted by atomic mass is 10.1. The Morgan fingerprint density at radius 3 is 2.47 bits per heavy atom. The van der Waals surface area contributed by atoms with Gasteiger partial charge < -0.3 is 14.2 Å². The van der Waals surface area contributed by atoms with Crippen molar-refractivity contribution in [3.63, 3.8) is 0 Å². The number of methoxy groups -OCH3 is 2. The Labute approximate surface area is 113 Å². The molecule has 1 aliphatic rings. The molecule has 1 aliphatic carbocycles. The normalized spacial score (nSPS) is 16.6. The van der Waals surface area contributed by atoms with Crippen LogP contribution in [0.15, 0.2) is 36.1 Å². The quantitative estimate of drug-likeness (QED) is 0.582. The molecule has 4 nitrogen and oxygen atoms in total. The highest BCUT2D eigenvalue weighted by atomic mass is 16.5. The van der Waals surface area contributed by atoms with Crippen molar-refractivity contribution in [1.82, 2.24) is 0 Å². The van der Waals surface area contributed by atoms with Gasteiger partial charge in [-0.1, -0.05) is 12.1 Å². The summed E-state index contributed by atoms with van der Waals surface area (Å²) < 4.78 is 15.9. The fourth-order valence-electron chi connectivity index (χ4n) is 1.90. The predicted octanol–water partition coefficient (Wildman–Crippen LogP) is 2.80. The van der Waals surface area contributed by atoms with Crippen LogP contribution in [0.1, 0.15) is 18.4 Å². The Bertz CT molecular complexity index is 495. The second-order valence-corrected chi connectivity index (χ2v) is 4.51. The maximum atomic E-state index is 9.10. The highest BCUT2D eigenvalue weighted by Crippen LogP contribution is 2.46. The Balaban J connectivity index is 1.98. The Hall–Kier alpha value is -1.99. The Morgan fingerprint density at radius 1 is 1.32 bits per heavy atom. The summed E-state index contributed by atoms with van der Waals surface area (Å²) in [5.41, 5.74) is 1.18. The molecule has 1 fully saturated rings. The minimum atomic E-state index is -0.440. The molecule has 2 rings (SSSR count). The lowest BCUT2D eigenvalue weighted by molar-refractivity contribution is 0.0464. The van der Waals surface area contributed by atoms with Crippen LogP contribution in [0.3, 0.4) is 0 Å². The van der Waals surface area contributed by atoms with E-state index in [-0.39, 0.29) is 0 Å². The van der Waals surface area contributed by atoms with Crippen molar-refractivity contribution in [1.29, 1.82) is 5.26 Å². The van der Waals surface area contributed by atoms with E-state index in [0.717, 1.165) is 24.2 Å². The zero-order valence-corrected chi connectivity index (χ0v) is 11.2. The first-order valence-electron chi connectivity index (χ1n) is 6.14. The van der Waals surface area contributed by atoms with Crippen LogP contribution in [0, 0.1) is 11.3 Å². The molecule has 0 aromatic heterocycles. The number of hydrogen-bond donors (Lipinski definition) is 0. The van der Waals surface area contributed by atoms with Gasteiger partial charge in [-0.3, -0.25) is 0 Å². The molecule has 0 amide bonds. The van der Waals surface area contributed by atoms with Crippen molar-refractivity contribution in [3.05, 3.63) is 41.7 Å². The van der Waals surface area contributed by atoms with Gasteiger partial charge in [-0.15, -0.1) is 0 Å². The van der Waals surface area contributed by atoms with Crippen LogP contribution in [0.4, 0.5) is 0 Å². The molecule has 0 N–H and O–H groups in total. The van der Waals surface area contributed by atoms with Crippen molar-refractivity contribution in [2.45, 2.75) is 25.0 Å². The van der Waals surface area contributed by atoms with E-state index >= 15 is 0 Å². The fourth-order valence-corrected chi connectivity index (χ4v) is 1.90. The third-order valence-electron chi connectivity index (χ3n) is 3.23. The fraction of sp³-hybridized carbons (Fsp3) is 0.400. The summed E-state index contributed by atoms with van der Waals surface area (Å²) in [7, 11) is 3.18. The maximum Gasteiger partial charge on any atom is 0.118 e. The van der Waals surface area contributed by atoms with Gasteiger partial charge in [0, 0.05) is 0 Å². The van der Waals surface area contributed by atoms with Gasteiger partial charge in [-0.05, 0) is 30.5 Å². The summed E-state index contributed by atoms with van der Waals surface area (Å²) in [6, 6.07) is 9.86. The number of nitriles is 1. The SMILES string of the molecule is CO/C=C(\C#N)C1(OCc2ccc(OC)cc2)CC1. The van der Waals surface area contributed by atoms with Gasteiger partial charge in [-0.25, -0.2) is 0 Å². The van der Waals surface area contributed by atoms with E-state index < -0.39 is 5.60 Å². The van der Waals surface area contributed by atoms with Crippen LogP contribution in [-0.4, -0.2) is 19.8 Å². The molecule has 0 aliphatic heterocycles. The Morgan fingerprint density at radius 2 is 2.00 bits per heavy atom. The van der Waals surface area contributed by atoms with Crippen molar-refractivity contribution in [2.75, 3.05) is 14.2 Å². The van der Waals surface area contributed by atoms with Crippen molar-refractivity contribution >= 4 is 0 Å². The minimum Gasteiger partial charge on any atom is -0.503 e. The van der Waals surface area contributed by atoms with Gasteiger partial charge in [0.1, 0.15) is 17.4 Å². The van der Waals surface area contributed by atoms with E-state index in [1.54, 1.807) is 7.11 Å². The Kier molecular flexibility index (Phi) is 4.08. The summed E-state index contributed by atoms with van der Waals surface area (Å²) in [5, 5.41) is 9.10. The second kappa shape index (κ2) is 5.77. The summed E-state index contributed by atoms with van der Waals surface area (Å²) in [6.45, 7) is 0.479. The average molecular weight is 259 g/mol. The molecular weight excluding hydrogens is 242 g/mol. The van der Waals surface area contributed by atoms with E-state index in [9.17, 15) is 0 Å². The maximum absolute atomic E-state index is 9.10. The zero-order valence-electron chi connectivity index (χ0n) is 11.2. The van der Waals surface area contributed by atoms with E-state index in [0.29, 0.717) is 12.2 Å². The van der Waals surface area contributed by atoms with Crippen LogP contribution in [0.25, 0.3) is 0 Å². The minimum absolute atomic E-state index is 0.440. The first kappa shape index (κ1) is 13.4. The molecule has 100 valence electrons.